The van der Waals surface area contributed by atoms with Crippen LogP contribution in [0.3, 0.4) is 0 Å². The Kier molecular flexibility index (Phi) is 5.15. The highest BCUT2D eigenvalue weighted by Gasteiger charge is 2.08. The molecule has 0 aromatic heterocycles. The van der Waals surface area contributed by atoms with Gasteiger partial charge in [0.1, 0.15) is 0 Å². The first-order valence-electron chi connectivity index (χ1n) is 3.22. The summed E-state index contributed by atoms with van der Waals surface area (Å²) in [7, 11) is 0. The summed E-state index contributed by atoms with van der Waals surface area (Å²) in [5.41, 5.74) is 0. The van der Waals surface area contributed by atoms with Crippen LogP contribution in [0.25, 0.3) is 0 Å². The molecule has 56 valence electrons. The quantitative estimate of drug-likeness (QED) is 0.530. The molecular weight excluding hydrogens is 138 g/mol. The highest BCUT2D eigenvalue weighted by molar-refractivity contribution is 6.18. The van der Waals surface area contributed by atoms with Crippen LogP contribution < -0.4 is 0 Å². The second kappa shape index (κ2) is 5.03. The maximum absolute atomic E-state index is 5.54. The molecule has 0 aliphatic carbocycles. The molecule has 2 nitrogen and oxygen atoms in total. The minimum Gasteiger partial charge on any atom is -0.412 e. The predicted molar refractivity (Wildman–Crippen MR) is 40.0 cm³/mol. The van der Waals surface area contributed by atoms with Gasteiger partial charge in [0.2, 0.25) is 0 Å². The van der Waals surface area contributed by atoms with E-state index in [1.165, 1.54) is 25.9 Å². The van der Waals surface area contributed by atoms with E-state index in [-0.39, 0.29) is 5.48 Å². The summed E-state index contributed by atoms with van der Waals surface area (Å²) in [6, 6.07) is 0. The zero-order chi connectivity index (χ0) is 5.82. The molecule has 0 unspecified atom stereocenters. The SMILES string of the molecule is ClCCN1CCCC1.O. The van der Waals surface area contributed by atoms with Crippen molar-refractivity contribution in [1.29, 1.82) is 0 Å². The van der Waals surface area contributed by atoms with Crippen molar-refractivity contribution in [3.8, 4) is 0 Å². The fourth-order valence-electron chi connectivity index (χ4n) is 1.13. The molecule has 0 aromatic rings. The van der Waals surface area contributed by atoms with Crippen molar-refractivity contribution in [3.05, 3.63) is 0 Å². The first-order valence-corrected chi connectivity index (χ1v) is 3.75. The molecule has 2 N–H and O–H groups in total. The first kappa shape index (κ1) is 9.21. The molecule has 1 heterocycles. The van der Waals surface area contributed by atoms with Crippen molar-refractivity contribution in [2.24, 2.45) is 0 Å². The van der Waals surface area contributed by atoms with Gasteiger partial charge in [0.25, 0.3) is 0 Å². The first-order chi connectivity index (χ1) is 3.93. The molecule has 0 bridgehead atoms. The summed E-state index contributed by atoms with van der Waals surface area (Å²) < 4.78 is 0. The molecule has 0 amide bonds. The Morgan fingerprint density at radius 1 is 1.22 bits per heavy atom. The number of likely N-dealkylation sites (tertiary alicyclic amines) is 1. The van der Waals surface area contributed by atoms with Crippen molar-refractivity contribution in [1.82, 2.24) is 4.90 Å². The van der Waals surface area contributed by atoms with Gasteiger partial charge < -0.3 is 10.4 Å². The minimum absolute atomic E-state index is 0. The van der Waals surface area contributed by atoms with Gasteiger partial charge in [-0.2, -0.15) is 0 Å². The largest absolute Gasteiger partial charge is 0.412 e. The third kappa shape index (κ3) is 3.04. The fraction of sp³-hybridized carbons (Fsp3) is 1.00. The van der Waals surface area contributed by atoms with Crippen molar-refractivity contribution in [2.75, 3.05) is 25.5 Å². The van der Waals surface area contributed by atoms with Gasteiger partial charge in [-0.25, -0.2) is 0 Å². The van der Waals surface area contributed by atoms with Crippen LogP contribution >= 0.6 is 11.6 Å². The van der Waals surface area contributed by atoms with E-state index in [9.17, 15) is 0 Å². The molecule has 9 heavy (non-hydrogen) atoms. The summed E-state index contributed by atoms with van der Waals surface area (Å²) in [5, 5.41) is 0. The van der Waals surface area contributed by atoms with E-state index in [4.69, 9.17) is 11.6 Å². The molecule has 1 aliphatic rings. The average molecular weight is 152 g/mol. The molecule has 0 radical (unpaired) electrons. The molecule has 0 saturated carbocycles. The summed E-state index contributed by atoms with van der Waals surface area (Å²) in [6.07, 6.45) is 2.74. The van der Waals surface area contributed by atoms with Gasteiger partial charge in [0.15, 0.2) is 0 Å². The summed E-state index contributed by atoms with van der Waals surface area (Å²) >= 11 is 5.54. The highest BCUT2D eigenvalue weighted by atomic mass is 35.5. The zero-order valence-electron chi connectivity index (χ0n) is 5.57. The van der Waals surface area contributed by atoms with Crippen molar-refractivity contribution < 1.29 is 5.48 Å². The van der Waals surface area contributed by atoms with Crippen LogP contribution in [0, 0.1) is 0 Å². The smallest absolute Gasteiger partial charge is 0.0351 e. The van der Waals surface area contributed by atoms with Gasteiger partial charge in [-0.1, -0.05) is 0 Å². The van der Waals surface area contributed by atoms with Crippen molar-refractivity contribution >= 4 is 11.6 Å². The van der Waals surface area contributed by atoms with E-state index >= 15 is 0 Å². The minimum atomic E-state index is 0. The van der Waals surface area contributed by atoms with Gasteiger partial charge >= 0.3 is 0 Å². The van der Waals surface area contributed by atoms with Gasteiger partial charge in [0.05, 0.1) is 0 Å². The van der Waals surface area contributed by atoms with E-state index in [1.807, 2.05) is 0 Å². The molecule has 1 aliphatic heterocycles. The number of halogens is 1. The Labute approximate surface area is 61.1 Å². The molecule has 1 rings (SSSR count). The molecule has 0 spiro atoms. The standard InChI is InChI=1S/C6H12ClN.H2O/c7-3-6-8-4-1-2-5-8;/h1-6H2;1H2. The van der Waals surface area contributed by atoms with Gasteiger partial charge in [-0.3, -0.25) is 0 Å². The summed E-state index contributed by atoms with van der Waals surface area (Å²) in [6.45, 7) is 3.63. The van der Waals surface area contributed by atoms with E-state index < -0.39 is 0 Å². The molecule has 1 saturated heterocycles. The number of alkyl halides is 1. The Hall–Kier alpha value is 0.210. The van der Waals surface area contributed by atoms with Crippen LogP contribution in [0.4, 0.5) is 0 Å². The number of hydrogen-bond donors (Lipinski definition) is 0. The predicted octanol–water partition coefficient (Wildman–Crippen LogP) is 0.496. The summed E-state index contributed by atoms with van der Waals surface area (Å²) in [5.74, 6) is 0.792. The van der Waals surface area contributed by atoms with Crippen LogP contribution in [0.5, 0.6) is 0 Å². The van der Waals surface area contributed by atoms with E-state index in [0.717, 1.165) is 12.4 Å². The topological polar surface area (TPSA) is 34.7 Å². The fourth-order valence-corrected chi connectivity index (χ4v) is 1.36. The van der Waals surface area contributed by atoms with E-state index in [2.05, 4.69) is 4.90 Å². The molecule has 0 atom stereocenters. The molecule has 1 fully saturated rings. The van der Waals surface area contributed by atoms with Crippen LogP contribution in [0.1, 0.15) is 12.8 Å². The van der Waals surface area contributed by atoms with E-state index in [0.29, 0.717) is 0 Å². The Morgan fingerprint density at radius 2 is 1.78 bits per heavy atom. The van der Waals surface area contributed by atoms with Gasteiger partial charge in [-0.05, 0) is 25.9 Å². The number of hydrogen-bond acceptors (Lipinski definition) is 1. The lowest BCUT2D eigenvalue weighted by molar-refractivity contribution is 0.361. The normalized spacial score (nSPS) is 19.7. The molecule has 0 aromatic carbocycles. The van der Waals surface area contributed by atoms with Crippen LogP contribution in [-0.4, -0.2) is 35.9 Å². The third-order valence-corrected chi connectivity index (χ3v) is 1.77. The van der Waals surface area contributed by atoms with Crippen molar-refractivity contribution in [3.63, 3.8) is 0 Å². The Balaban J connectivity index is 0.000000640. The third-order valence-electron chi connectivity index (χ3n) is 1.60. The number of rotatable bonds is 2. The van der Waals surface area contributed by atoms with Gasteiger partial charge in [-0.15, -0.1) is 11.6 Å². The Bertz CT molecular complexity index is 64.1. The maximum Gasteiger partial charge on any atom is 0.0351 e. The van der Waals surface area contributed by atoms with Crippen LogP contribution in [0.2, 0.25) is 0 Å². The highest BCUT2D eigenvalue weighted by Crippen LogP contribution is 2.05. The van der Waals surface area contributed by atoms with Gasteiger partial charge in [0, 0.05) is 12.4 Å². The Morgan fingerprint density at radius 3 is 2.22 bits per heavy atom. The van der Waals surface area contributed by atoms with Crippen LogP contribution in [0.15, 0.2) is 0 Å². The summed E-state index contributed by atoms with van der Waals surface area (Å²) in [4.78, 5) is 2.41. The average Bonchev–Trinajstić information content (AvgIpc) is 2.19. The lowest BCUT2D eigenvalue weighted by atomic mass is 10.4. The number of nitrogens with zero attached hydrogens (tertiary/aromatic N) is 1. The van der Waals surface area contributed by atoms with Crippen molar-refractivity contribution in [2.45, 2.75) is 12.8 Å². The van der Waals surface area contributed by atoms with Crippen LogP contribution in [-0.2, 0) is 0 Å². The second-order valence-corrected chi connectivity index (χ2v) is 2.62. The monoisotopic (exact) mass is 151 g/mol. The maximum atomic E-state index is 5.54. The lowest BCUT2D eigenvalue weighted by Gasteiger charge is -2.10. The van der Waals surface area contributed by atoms with E-state index in [1.54, 1.807) is 0 Å². The molecule has 3 heteroatoms. The molecular formula is C6H14ClNO. The second-order valence-electron chi connectivity index (χ2n) is 2.24. The lowest BCUT2D eigenvalue weighted by Crippen LogP contribution is -2.21. The zero-order valence-corrected chi connectivity index (χ0v) is 6.32.